The van der Waals surface area contributed by atoms with Crippen LogP contribution < -0.4 is 5.32 Å². The number of nitrogens with zero attached hydrogens (tertiary/aromatic N) is 3. The highest BCUT2D eigenvalue weighted by molar-refractivity contribution is 7.98. The van der Waals surface area contributed by atoms with E-state index in [2.05, 4.69) is 20.4 Å². The number of hydrogen-bond donors (Lipinski definition) is 1. The first kappa shape index (κ1) is 24.1. The van der Waals surface area contributed by atoms with E-state index in [1.54, 1.807) is 11.8 Å². The van der Waals surface area contributed by atoms with E-state index in [-0.39, 0.29) is 11.8 Å². The number of aromatic nitrogens is 2. The number of nitrogens with one attached hydrogen (secondary N) is 1. The number of piperidine rings is 1. The SMILES string of the molecule is O=C(NCCSCc1c(Cl)cccc1Cl)C1CCN(Cc2nc(-c3ccccc3)no2)CC1. The van der Waals surface area contributed by atoms with Crippen molar-refractivity contribution in [2.45, 2.75) is 25.1 Å². The third-order valence-corrected chi connectivity index (χ3v) is 7.36. The van der Waals surface area contributed by atoms with Gasteiger partial charge in [0.25, 0.3) is 0 Å². The van der Waals surface area contributed by atoms with Crippen LogP contribution in [0.4, 0.5) is 0 Å². The highest BCUT2D eigenvalue weighted by Crippen LogP contribution is 2.28. The van der Waals surface area contributed by atoms with Gasteiger partial charge in [0.15, 0.2) is 0 Å². The van der Waals surface area contributed by atoms with Gasteiger partial charge in [0.2, 0.25) is 17.6 Å². The lowest BCUT2D eigenvalue weighted by Crippen LogP contribution is -2.40. The first-order chi connectivity index (χ1) is 16.1. The number of likely N-dealkylation sites (tertiary alicyclic amines) is 1. The van der Waals surface area contributed by atoms with Gasteiger partial charge in [0.05, 0.1) is 6.54 Å². The summed E-state index contributed by atoms with van der Waals surface area (Å²) in [5.41, 5.74) is 1.89. The smallest absolute Gasteiger partial charge is 0.241 e. The van der Waals surface area contributed by atoms with Crippen LogP contribution in [0.25, 0.3) is 11.4 Å². The van der Waals surface area contributed by atoms with Gasteiger partial charge in [-0.1, -0.05) is 64.8 Å². The predicted octanol–water partition coefficient (Wildman–Crippen LogP) is 5.31. The molecule has 1 N–H and O–H groups in total. The van der Waals surface area contributed by atoms with Gasteiger partial charge in [0.1, 0.15) is 0 Å². The van der Waals surface area contributed by atoms with Gasteiger partial charge in [-0.05, 0) is 43.6 Å². The fourth-order valence-electron chi connectivity index (χ4n) is 3.80. The molecule has 6 nitrogen and oxygen atoms in total. The molecular formula is C24H26Cl2N4O2S. The normalized spacial score (nSPS) is 15.0. The predicted molar refractivity (Wildman–Crippen MR) is 133 cm³/mol. The Bertz CT molecular complexity index is 1040. The van der Waals surface area contributed by atoms with Crippen LogP contribution in [-0.2, 0) is 17.1 Å². The Hall–Kier alpha value is -2.06. The maximum absolute atomic E-state index is 12.5. The lowest BCUT2D eigenvalue weighted by atomic mass is 9.96. The quantitative estimate of drug-likeness (QED) is 0.398. The van der Waals surface area contributed by atoms with E-state index in [0.717, 1.165) is 48.6 Å². The van der Waals surface area contributed by atoms with Gasteiger partial charge in [-0.3, -0.25) is 9.69 Å². The number of amides is 1. The average molecular weight is 505 g/mol. The molecule has 9 heteroatoms. The van der Waals surface area contributed by atoms with Crippen LogP contribution in [-0.4, -0.2) is 46.3 Å². The number of thioether (sulfide) groups is 1. The molecule has 4 rings (SSSR count). The molecule has 0 atom stereocenters. The van der Waals surface area contributed by atoms with E-state index in [1.807, 2.05) is 48.5 Å². The maximum Gasteiger partial charge on any atom is 0.241 e. The molecule has 174 valence electrons. The summed E-state index contributed by atoms with van der Waals surface area (Å²) in [6, 6.07) is 15.3. The molecule has 0 spiro atoms. The lowest BCUT2D eigenvalue weighted by molar-refractivity contribution is -0.126. The molecule has 0 aliphatic carbocycles. The largest absolute Gasteiger partial charge is 0.355 e. The summed E-state index contributed by atoms with van der Waals surface area (Å²) in [6.07, 6.45) is 1.65. The van der Waals surface area contributed by atoms with E-state index in [9.17, 15) is 4.79 Å². The summed E-state index contributed by atoms with van der Waals surface area (Å²) in [5.74, 6) is 2.94. The number of halogens is 2. The summed E-state index contributed by atoms with van der Waals surface area (Å²) >= 11 is 14.1. The average Bonchev–Trinajstić information content (AvgIpc) is 3.30. The fraction of sp³-hybridized carbons (Fsp3) is 0.375. The zero-order valence-corrected chi connectivity index (χ0v) is 20.5. The van der Waals surface area contributed by atoms with Gasteiger partial charge >= 0.3 is 0 Å². The van der Waals surface area contributed by atoms with Gasteiger partial charge < -0.3 is 9.84 Å². The van der Waals surface area contributed by atoms with Crippen molar-refractivity contribution in [3.63, 3.8) is 0 Å². The summed E-state index contributed by atoms with van der Waals surface area (Å²) < 4.78 is 5.42. The minimum atomic E-state index is 0.0480. The molecule has 0 radical (unpaired) electrons. The molecule has 1 aliphatic heterocycles. The standard InChI is InChI=1S/C24H26Cl2N4O2S/c25-20-7-4-8-21(26)19(20)16-33-14-11-27-24(31)18-9-12-30(13-10-18)15-22-28-23(29-32-22)17-5-2-1-3-6-17/h1-8,18H,9-16H2,(H,27,31). The third-order valence-electron chi connectivity index (χ3n) is 5.67. The van der Waals surface area contributed by atoms with Crippen LogP contribution in [0.5, 0.6) is 0 Å². The second kappa shape index (κ2) is 11.9. The zero-order valence-electron chi connectivity index (χ0n) is 18.2. The molecule has 0 bridgehead atoms. The summed E-state index contributed by atoms with van der Waals surface area (Å²) in [5, 5.41) is 8.51. The van der Waals surface area contributed by atoms with E-state index in [0.29, 0.717) is 34.8 Å². The Morgan fingerprint density at radius 2 is 1.82 bits per heavy atom. The van der Waals surface area contributed by atoms with E-state index in [4.69, 9.17) is 27.7 Å². The Morgan fingerprint density at radius 3 is 2.55 bits per heavy atom. The third kappa shape index (κ3) is 6.73. The van der Waals surface area contributed by atoms with E-state index >= 15 is 0 Å². The highest BCUT2D eigenvalue weighted by atomic mass is 35.5. The zero-order chi connectivity index (χ0) is 23.0. The second-order valence-corrected chi connectivity index (χ2v) is 9.89. The van der Waals surface area contributed by atoms with Crippen molar-refractivity contribution in [3.8, 4) is 11.4 Å². The van der Waals surface area contributed by atoms with Gasteiger partial charge in [-0.15, -0.1) is 0 Å². The monoisotopic (exact) mass is 504 g/mol. The van der Waals surface area contributed by atoms with Crippen molar-refractivity contribution in [2.24, 2.45) is 5.92 Å². The molecule has 1 fully saturated rings. The molecule has 2 heterocycles. The maximum atomic E-state index is 12.5. The van der Waals surface area contributed by atoms with Crippen LogP contribution in [0, 0.1) is 5.92 Å². The van der Waals surface area contributed by atoms with Crippen molar-refractivity contribution in [1.29, 1.82) is 0 Å². The second-order valence-electron chi connectivity index (χ2n) is 7.97. The summed E-state index contributed by atoms with van der Waals surface area (Å²) in [6.45, 7) is 2.91. The van der Waals surface area contributed by atoms with Crippen molar-refractivity contribution in [3.05, 3.63) is 70.0 Å². The minimum Gasteiger partial charge on any atom is -0.355 e. The Morgan fingerprint density at radius 1 is 1.09 bits per heavy atom. The molecule has 3 aromatic rings. The topological polar surface area (TPSA) is 71.3 Å². The Balaban J connectivity index is 1.14. The number of benzene rings is 2. The first-order valence-electron chi connectivity index (χ1n) is 11.0. The van der Waals surface area contributed by atoms with Crippen LogP contribution in [0.1, 0.15) is 24.3 Å². The summed E-state index contributed by atoms with van der Waals surface area (Å²) in [4.78, 5) is 19.3. The number of carbonyl (C=O) groups is 1. The fourth-order valence-corrected chi connectivity index (χ4v) is 5.40. The van der Waals surface area contributed by atoms with E-state index in [1.165, 1.54) is 0 Å². The van der Waals surface area contributed by atoms with Crippen molar-refractivity contribution in [1.82, 2.24) is 20.4 Å². The van der Waals surface area contributed by atoms with Crippen molar-refractivity contribution in [2.75, 3.05) is 25.4 Å². The number of rotatable bonds is 9. The number of carbonyl (C=O) groups excluding carboxylic acids is 1. The Labute approximate surface area is 208 Å². The van der Waals surface area contributed by atoms with Crippen molar-refractivity contribution < 1.29 is 9.32 Å². The molecule has 1 amide bonds. The first-order valence-corrected chi connectivity index (χ1v) is 12.9. The molecule has 1 saturated heterocycles. The lowest BCUT2D eigenvalue weighted by Gasteiger charge is -2.30. The highest BCUT2D eigenvalue weighted by Gasteiger charge is 2.25. The van der Waals surface area contributed by atoms with Crippen LogP contribution >= 0.6 is 35.0 Å². The molecule has 0 saturated carbocycles. The van der Waals surface area contributed by atoms with Crippen LogP contribution in [0.3, 0.4) is 0 Å². The van der Waals surface area contributed by atoms with E-state index < -0.39 is 0 Å². The van der Waals surface area contributed by atoms with Gasteiger partial charge in [-0.25, -0.2) is 0 Å². The molecule has 1 aromatic heterocycles. The minimum absolute atomic E-state index is 0.0480. The van der Waals surface area contributed by atoms with Crippen LogP contribution in [0.15, 0.2) is 53.1 Å². The summed E-state index contributed by atoms with van der Waals surface area (Å²) in [7, 11) is 0. The van der Waals surface area contributed by atoms with Gasteiger partial charge in [-0.2, -0.15) is 16.7 Å². The number of hydrogen-bond acceptors (Lipinski definition) is 6. The van der Waals surface area contributed by atoms with Gasteiger partial charge in [0, 0.05) is 39.6 Å². The van der Waals surface area contributed by atoms with Crippen LogP contribution in [0.2, 0.25) is 10.0 Å². The molecule has 2 aromatic carbocycles. The Kier molecular flexibility index (Phi) is 8.67. The van der Waals surface area contributed by atoms with Crippen molar-refractivity contribution >= 4 is 40.9 Å². The molecular weight excluding hydrogens is 479 g/mol. The molecule has 0 unspecified atom stereocenters. The molecule has 1 aliphatic rings. The molecule has 33 heavy (non-hydrogen) atoms.